The van der Waals surface area contributed by atoms with Gasteiger partial charge in [-0.2, -0.15) is 10.1 Å². The Labute approximate surface area is 139 Å². The summed E-state index contributed by atoms with van der Waals surface area (Å²) in [6.45, 7) is 4.24. The highest BCUT2D eigenvalue weighted by atomic mass is 35.5. The number of rotatable bonds is 3. The molecule has 2 aromatic rings. The Morgan fingerprint density at radius 1 is 1.27 bits per heavy atom. The van der Waals surface area contributed by atoms with E-state index in [1.165, 1.54) is 12.8 Å². The lowest BCUT2D eigenvalue weighted by Gasteiger charge is -2.31. The summed E-state index contributed by atoms with van der Waals surface area (Å²) in [5.74, 6) is 1.89. The second kappa shape index (κ2) is 6.67. The molecule has 1 atom stereocenters. The minimum absolute atomic E-state index is 0.394. The lowest BCUT2D eigenvalue weighted by molar-refractivity contribution is 0.444. The normalized spacial score (nSPS) is 18.3. The molecular weight excluding hydrogens is 321 g/mol. The van der Waals surface area contributed by atoms with Crippen molar-refractivity contribution in [2.24, 2.45) is 5.92 Å². The third-order valence-corrected chi connectivity index (χ3v) is 4.36. The van der Waals surface area contributed by atoms with Crippen LogP contribution in [0.5, 0.6) is 0 Å². The zero-order chi connectivity index (χ0) is 15.5. The largest absolute Gasteiger partial charge is 0.355 e. The van der Waals surface area contributed by atoms with Gasteiger partial charge >= 0.3 is 0 Å². The van der Waals surface area contributed by atoms with Gasteiger partial charge < -0.3 is 10.2 Å². The third-order valence-electron chi connectivity index (χ3n) is 3.73. The van der Waals surface area contributed by atoms with Gasteiger partial charge in [-0.25, -0.2) is 0 Å². The summed E-state index contributed by atoms with van der Waals surface area (Å²) in [6, 6.07) is 5.32. The Bertz CT molecular complexity index is 644. The lowest BCUT2D eigenvalue weighted by atomic mass is 10.0. The number of nitrogens with one attached hydrogen (secondary N) is 1. The number of halogens is 2. The molecule has 0 bridgehead atoms. The van der Waals surface area contributed by atoms with Crippen LogP contribution in [0.15, 0.2) is 24.4 Å². The molecule has 1 fully saturated rings. The first-order valence-corrected chi connectivity index (χ1v) is 8.05. The minimum Gasteiger partial charge on any atom is -0.355 e. The van der Waals surface area contributed by atoms with Crippen molar-refractivity contribution >= 4 is 40.7 Å². The van der Waals surface area contributed by atoms with E-state index in [2.05, 4.69) is 32.3 Å². The molecule has 1 aliphatic heterocycles. The Balaban J connectivity index is 1.82. The van der Waals surface area contributed by atoms with E-state index >= 15 is 0 Å². The summed E-state index contributed by atoms with van der Waals surface area (Å²) in [4.78, 5) is 6.77. The number of benzene rings is 1. The van der Waals surface area contributed by atoms with E-state index in [4.69, 9.17) is 23.2 Å². The number of hydrogen-bond donors (Lipinski definition) is 1. The van der Waals surface area contributed by atoms with Gasteiger partial charge in [-0.1, -0.05) is 36.2 Å². The maximum Gasteiger partial charge on any atom is 0.249 e. The van der Waals surface area contributed by atoms with Crippen LogP contribution in [-0.4, -0.2) is 28.3 Å². The molecule has 2 heterocycles. The van der Waals surface area contributed by atoms with Gasteiger partial charge in [-0.3, -0.25) is 0 Å². The molecule has 1 aliphatic rings. The second-order valence-electron chi connectivity index (χ2n) is 5.55. The summed E-state index contributed by atoms with van der Waals surface area (Å²) < 4.78 is 0. The number of para-hydroxylation sites is 1. The van der Waals surface area contributed by atoms with Crippen molar-refractivity contribution in [2.75, 3.05) is 23.3 Å². The van der Waals surface area contributed by atoms with Crippen LogP contribution in [-0.2, 0) is 0 Å². The average Bonchev–Trinajstić information content (AvgIpc) is 2.51. The van der Waals surface area contributed by atoms with Crippen LogP contribution in [0.25, 0.3) is 0 Å². The summed E-state index contributed by atoms with van der Waals surface area (Å²) in [5, 5.41) is 12.2. The first kappa shape index (κ1) is 15.3. The first-order chi connectivity index (χ1) is 10.6. The van der Waals surface area contributed by atoms with Crippen molar-refractivity contribution in [1.82, 2.24) is 15.2 Å². The molecule has 1 unspecified atom stereocenters. The summed E-state index contributed by atoms with van der Waals surface area (Å²) in [5.41, 5.74) is 0.594. The fourth-order valence-corrected chi connectivity index (χ4v) is 3.12. The van der Waals surface area contributed by atoms with Crippen LogP contribution in [0.3, 0.4) is 0 Å². The quantitative estimate of drug-likeness (QED) is 0.911. The van der Waals surface area contributed by atoms with Crippen molar-refractivity contribution in [3.63, 3.8) is 0 Å². The molecule has 7 heteroatoms. The van der Waals surface area contributed by atoms with Crippen LogP contribution in [0, 0.1) is 5.92 Å². The molecule has 22 heavy (non-hydrogen) atoms. The molecule has 0 spiro atoms. The zero-order valence-corrected chi connectivity index (χ0v) is 13.8. The lowest BCUT2D eigenvalue weighted by Crippen LogP contribution is -2.35. The Hall–Kier alpha value is -1.59. The highest BCUT2D eigenvalue weighted by Crippen LogP contribution is 2.31. The number of hydrogen-bond acceptors (Lipinski definition) is 5. The van der Waals surface area contributed by atoms with Crippen LogP contribution < -0.4 is 10.2 Å². The third kappa shape index (κ3) is 3.42. The van der Waals surface area contributed by atoms with E-state index in [9.17, 15) is 0 Å². The summed E-state index contributed by atoms with van der Waals surface area (Å²) >= 11 is 12.3. The van der Waals surface area contributed by atoms with Crippen LogP contribution in [0.4, 0.5) is 17.5 Å². The SMILES string of the molecule is CC1CCCN(c2cnnc(Nc3c(Cl)cccc3Cl)n2)C1. The summed E-state index contributed by atoms with van der Waals surface area (Å²) in [6.07, 6.45) is 4.12. The average molecular weight is 338 g/mol. The Morgan fingerprint density at radius 2 is 2.05 bits per heavy atom. The van der Waals surface area contributed by atoms with Gasteiger partial charge in [-0.15, -0.1) is 5.10 Å². The number of anilines is 3. The van der Waals surface area contributed by atoms with Crippen molar-refractivity contribution in [3.8, 4) is 0 Å². The predicted octanol–water partition coefficient (Wildman–Crippen LogP) is 4.16. The molecule has 1 saturated heterocycles. The number of nitrogens with zero attached hydrogens (tertiary/aromatic N) is 4. The molecule has 0 aliphatic carbocycles. The maximum atomic E-state index is 6.15. The zero-order valence-electron chi connectivity index (χ0n) is 12.3. The minimum atomic E-state index is 0.394. The maximum absolute atomic E-state index is 6.15. The van der Waals surface area contributed by atoms with Crippen LogP contribution >= 0.6 is 23.2 Å². The number of aromatic nitrogens is 3. The molecule has 116 valence electrons. The Morgan fingerprint density at radius 3 is 2.77 bits per heavy atom. The fourth-order valence-electron chi connectivity index (χ4n) is 2.63. The molecular formula is C15H17Cl2N5. The second-order valence-corrected chi connectivity index (χ2v) is 6.37. The van der Waals surface area contributed by atoms with Gasteiger partial charge in [0.2, 0.25) is 5.95 Å². The predicted molar refractivity (Wildman–Crippen MR) is 90.2 cm³/mol. The highest BCUT2D eigenvalue weighted by molar-refractivity contribution is 6.39. The van der Waals surface area contributed by atoms with Crippen LogP contribution in [0.2, 0.25) is 10.0 Å². The van der Waals surface area contributed by atoms with Gasteiger partial charge in [0.25, 0.3) is 0 Å². The van der Waals surface area contributed by atoms with E-state index in [1.54, 1.807) is 24.4 Å². The standard InChI is InChI=1S/C15H17Cl2N5/c1-10-4-3-7-22(9-10)13-8-18-21-15(19-13)20-14-11(16)5-2-6-12(14)17/h2,5-6,8,10H,3-4,7,9H2,1H3,(H,19,20,21). The van der Waals surface area contributed by atoms with Gasteiger partial charge in [-0.05, 0) is 30.9 Å². The molecule has 0 radical (unpaired) electrons. The Kier molecular flexibility index (Phi) is 4.64. The topological polar surface area (TPSA) is 53.9 Å². The van der Waals surface area contributed by atoms with E-state index in [1.807, 2.05) is 0 Å². The van der Waals surface area contributed by atoms with Crippen molar-refractivity contribution < 1.29 is 0 Å². The van der Waals surface area contributed by atoms with Crippen LogP contribution in [0.1, 0.15) is 19.8 Å². The van der Waals surface area contributed by atoms with Gasteiger partial charge in [0, 0.05) is 13.1 Å². The van der Waals surface area contributed by atoms with Gasteiger partial charge in [0.1, 0.15) is 0 Å². The molecule has 3 rings (SSSR count). The molecule has 1 aromatic carbocycles. The number of piperidine rings is 1. The molecule has 0 saturated carbocycles. The van der Waals surface area contributed by atoms with E-state index in [-0.39, 0.29) is 0 Å². The van der Waals surface area contributed by atoms with Crippen molar-refractivity contribution in [2.45, 2.75) is 19.8 Å². The monoisotopic (exact) mass is 337 g/mol. The first-order valence-electron chi connectivity index (χ1n) is 7.29. The molecule has 1 aromatic heterocycles. The molecule has 1 N–H and O–H groups in total. The van der Waals surface area contributed by atoms with Gasteiger partial charge in [0.05, 0.1) is 21.9 Å². The van der Waals surface area contributed by atoms with E-state index in [0.29, 0.717) is 27.6 Å². The van der Waals surface area contributed by atoms with E-state index in [0.717, 1.165) is 18.9 Å². The van der Waals surface area contributed by atoms with Crippen molar-refractivity contribution in [1.29, 1.82) is 0 Å². The van der Waals surface area contributed by atoms with Gasteiger partial charge in [0.15, 0.2) is 5.82 Å². The van der Waals surface area contributed by atoms with Crippen molar-refractivity contribution in [3.05, 3.63) is 34.4 Å². The van der Waals surface area contributed by atoms with E-state index < -0.39 is 0 Å². The fraction of sp³-hybridized carbons (Fsp3) is 0.400. The molecule has 5 nitrogen and oxygen atoms in total. The summed E-state index contributed by atoms with van der Waals surface area (Å²) in [7, 11) is 0. The highest BCUT2D eigenvalue weighted by Gasteiger charge is 2.18. The smallest absolute Gasteiger partial charge is 0.249 e. The molecule has 0 amide bonds.